The van der Waals surface area contributed by atoms with Crippen LogP contribution in [0.4, 0.5) is 0 Å². The molecule has 4 heteroatoms. The molecule has 0 atom stereocenters. The number of hydrogen-bond donors (Lipinski definition) is 1. The van der Waals surface area contributed by atoms with E-state index >= 15 is 0 Å². The van der Waals surface area contributed by atoms with E-state index in [1.165, 1.54) is 18.8 Å². The first-order valence-corrected chi connectivity index (χ1v) is 5.69. The monoisotopic (exact) mass is 197 g/mol. The fourth-order valence-electron chi connectivity index (χ4n) is 1.57. The van der Waals surface area contributed by atoms with Gasteiger partial charge in [0.05, 0.1) is 11.2 Å². The molecule has 1 aliphatic heterocycles. The second-order valence-electron chi connectivity index (χ2n) is 3.32. The third-order valence-corrected chi connectivity index (χ3v) is 3.01. The van der Waals surface area contributed by atoms with Gasteiger partial charge in [0.25, 0.3) is 0 Å². The maximum absolute atomic E-state index is 4.28. The minimum absolute atomic E-state index is 1.10. The minimum Gasteiger partial charge on any atom is -0.314 e. The third-order valence-electron chi connectivity index (χ3n) is 2.38. The van der Waals surface area contributed by atoms with E-state index in [0.29, 0.717) is 0 Å². The second kappa shape index (κ2) is 4.69. The van der Waals surface area contributed by atoms with Crippen LogP contribution in [0.1, 0.15) is 5.69 Å². The lowest BCUT2D eigenvalue weighted by atomic mass is 10.3. The van der Waals surface area contributed by atoms with Crippen molar-refractivity contribution in [3.63, 3.8) is 0 Å². The molecule has 13 heavy (non-hydrogen) atoms. The summed E-state index contributed by atoms with van der Waals surface area (Å²) in [5.41, 5.74) is 3.15. The smallest absolute Gasteiger partial charge is 0.0794 e. The van der Waals surface area contributed by atoms with Gasteiger partial charge in [-0.25, -0.2) is 4.98 Å². The van der Waals surface area contributed by atoms with Gasteiger partial charge in [0, 0.05) is 44.5 Å². The van der Waals surface area contributed by atoms with Crippen molar-refractivity contribution in [3.8, 4) is 0 Å². The zero-order chi connectivity index (χ0) is 8.93. The lowest BCUT2D eigenvalue weighted by Crippen LogP contribution is -2.44. The van der Waals surface area contributed by atoms with Gasteiger partial charge >= 0.3 is 0 Å². The van der Waals surface area contributed by atoms with E-state index in [9.17, 15) is 0 Å². The highest BCUT2D eigenvalue weighted by Crippen LogP contribution is 2.03. The number of hydrogen-bond acceptors (Lipinski definition) is 4. The van der Waals surface area contributed by atoms with Crippen LogP contribution in [0.5, 0.6) is 0 Å². The van der Waals surface area contributed by atoms with E-state index in [-0.39, 0.29) is 0 Å². The van der Waals surface area contributed by atoms with E-state index in [4.69, 9.17) is 0 Å². The van der Waals surface area contributed by atoms with Crippen molar-refractivity contribution in [2.24, 2.45) is 0 Å². The molecule has 1 aliphatic rings. The minimum atomic E-state index is 1.10. The van der Waals surface area contributed by atoms with Crippen LogP contribution in [0.2, 0.25) is 0 Å². The Balaban J connectivity index is 1.72. The Kier molecular flexibility index (Phi) is 3.29. The molecule has 0 aliphatic carbocycles. The van der Waals surface area contributed by atoms with Gasteiger partial charge in [0.1, 0.15) is 0 Å². The highest BCUT2D eigenvalue weighted by atomic mass is 32.1. The highest BCUT2D eigenvalue weighted by Gasteiger charge is 2.08. The average molecular weight is 197 g/mol. The number of piperazine rings is 1. The molecule has 0 amide bonds. The normalized spacial score (nSPS) is 19.1. The maximum atomic E-state index is 4.28. The second-order valence-corrected chi connectivity index (χ2v) is 4.04. The van der Waals surface area contributed by atoms with Crippen molar-refractivity contribution >= 4 is 11.3 Å². The number of aromatic nitrogens is 1. The SMILES string of the molecule is c1nc(CCN2CCNCC2)cs1. The molecule has 72 valence electrons. The molecule has 0 saturated carbocycles. The Morgan fingerprint density at radius 3 is 3.00 bits per heavy atom. The van der Waals surface area contributed by atoms with Crippen molar-refractivity contribution < 1.29 is 0 Å². The summed E-state index contributed by atoms with van der Waals surface area (Å²) >= 11 is 1.68. The van der Waals surface area contributed by atoms with Gasteiger partial charge in [-0.2, -0.15) is 0 Å². The maximum Gasteiger partial charge on any atom is 0.0794 e. The van der Waals surface area contributed by atoms with Gasteiger partial charge in [-0.05, 0) is 0 Å². The third kappa shape index (κ3) is 2.76. The van der Waals surface area contributed by atoms with Crippen LogP contribution >= 0.6 is 11.3 Å². The first kappa shape index (κ1) is 9.12. The Morgan fingerprint density at radius 2 is 2.31 bits per heavy atom. The van der Waals surface area contributed by atoms with Gasteiger partial charge in [0.15, 0.2) is 0 Å². The van der Waals surface area contributed by atoms with Gasteiger partial charge in [0.2, 0.25) is 0 Å². The summed E-state index contributed by atoms with van der Waals surface area (Å²) in [7, 11) is 0. The molecule has 0 aromatic carbocycles. The predicted octanol–water partition coefficient (Wildman–Crippen LogP) is 0.591. The quantitative estimate of drug-likeness (QED) is 0.769. The first-order valence-electron chi connectivity index (χ1n) is 4.75. The van der Waals surface area contributed by atoms with E-state index in [1.54, 1.807) is 11.3 Å². The van der Waals surface area contributed by atoms with Crippen LogP contribution in [0, 0.1) is 0 Å². The van der Waals surface area contributed by atoms with E-state index < -0.39 is 0 Å². The summed E-state index contributed by atoms with van der Waals surface area (Å²) in [6, 6.07) is 0. The summed E-state index contributed by atoms with van der Waals surface area (Å²) in [4.78, 5) is 6.77. The molecule has 0 radical (unpaired) electrons. The van der Waals surface area contributed by atoms with Crippen LogP contribution in [0.25, 0.3) is 0 Å². The summed E-state index contributed by atoms with van der Waals surface area (Å²) in [6.07, 6.45) is 1.10. The van der Waals surface area contributed by atoms with Crippen LogP contribution in [0.3, 0.4) is 0 Å². The summed E-state index contributed by atoms with van der Waals surface area (Å²) in [6.45, 7) is 5.80. The van der Waals surface area contributed by atoms with Crippen LogP contribution in [0.15, 0.2) is 10.9 Å². The van der Waals surface area contributed by atoms with Crippen LogP contribution < -0.4 is 5.32 Å². The van der Waals surface area contributed by atoms with Crippen molar-refractivity contribution in [1.82, 2.24) is 15.2 Å². The van der Waals surface area contributed by atoms with Crippen molar-refractivity contribution in [1.29, 1.82) is 0 Å². The summed E-state index contributed by atoms with van der Waals surface area (Å²) < 4.78 is 0. The van der Waals surface area contributed by atoms with E-state index in [2.05, 4.69) is 20.6 Å². The molecule has 2 rings (SSSR count). The van der Waals surface area contributed by atoms with Gasteiger partial charge in [-0.1, -0.05) is 0 Å². The molecular weight excluding hydrogens is 182 g/mol. The Morgan fingerprint density at radius 1 is 1.46 bits per heavy atom. The van der Waals surface area contributed by atoms with Crippen molar-refractivity contribution in [2.45, 2.75) is 6.42 Å². The van der Waals surface area contributed by atoms with Gasteiger partial charge in [-0.3, -0.25) is 0 Å². The summed E-state index contributed by atoms with van der Waals surface area (Å²) in [5.74, 6) is 0. The summed E-state index contributed by atoms with van der Waals surface area (Å²) in [5, 5.41) is 5.49. The molecule has 1 aromatic heterocycles. The Labute approximate surface area is 82.8 Å². The predicted molar refractivity (Wildman–Crippen MR) is 55.1 cm³/mol. The molecule has 0 unspecified atom stereocenters. The molecule has 2 heterocycles. The molecule has 0 bridgehead atoms. The lowest BCUT2D eigenvalue weighted by molar-refractivity contribution is 0.243. The van der Waals surface area contributed by atoms with E-state index in [1.807, 2.05) is 5.51 Å². The van der Waals surface area contributed by atoms with Gasteiger partial charge in [-0.15, -0.1) is 11.3 Å². The molecule has 1 fully saturated rings. The molecule has 1 saturated heterocycles. The van der Waals surface area contributed by atoms with Crippen molar-refractivity contribution in [2.75, 3.05) is 32.7 Å². The number of thiazole rings is 1. The molecule has 3 nitrogen and oxygen atoms in total. The Bertz CT molecular complexity index is 229. The first-order chi connectivity index (χ1) is 6.45. The highest BCUT2D eigenvalue weighted by molar-refractivity contribution is 7.07. The largest absolute Gasteiger partial charge is 0.314 e. The zero-order valence-corrected chi connectivity index (χ0v) is 8.52. The Hall–Kier alpha value is -0.450. The molecule has 0 spiro atoms. The van der Waals surface area contributed by atoms with E-state index in [0.717, 1.165) is 26.1 Å². The molecule has 1 aromatic rings. The van der Waals surface area contributed by atoms with Crippen molar-refractivity contribution in [3.05, 3.63) is 16.6 Å². The standard InChI is InChI=1S/C9H15N3S/c1(9-7-13-8-11-9)4-12-5-2-10-3-6-12/h7-8,10H,1-6H2. The van der Waals surface area contributed by atoms with Crippen LogP contribution in [-0.2, 0) is 6.42 Å². The molecular formula is C9H15N3S. The topological polar surface area (TPSA) is 28.2 Å². The zero-order valence-electron chi connectivity index (χ0n) is 7.70. The number of nitrogens with zero attached hydrogens (tertiary/aromatic N) is 2. The fraction of sp³-hybridized carbons (Fsp3) is 0.667. The number of rotatable bonds is 3. The number of nitrogens with one attached hydrogen (secondary N) is 1. The van der Waals surface area contributed by atoms with Gasteiger partial charge < -0.3 is 10.2 Å². The average Bonchev–Trinajstić information content (AvgIpc) is 2.69. The lowest BCUT2D eigenvalue weighted by Gasteiger charge is -2.26. The van der Waals surface area contributed by atoms with Crippen LogP contribution in [-0.4, -0.2) is 42.6 Å². The molecule has 1 N–H and O–H groups in total. The fourth-order valence-corrected chi connectivity index (χ4v) is 2.16.